The Kier molecular flexibility index (Phi) is 12.6. The maximum atomic E-state index is 6.85. The Hall–Kier alpha value is -8.11. The van der Waals surface area contributed by atoms with Crippen molar-refractivity contribution in [3.63, 3.8) is 0 Å². The molecule has 11 aromatic rings. The summed E-state index contributed by atoms with van der Waals surface area (Å²) < 4.78 is 12.5. The first-order chi connectivity index (χ1) is 36.8. The molecule has 5 nitrogen and oxygen atoms in total. The topological polar surface area (TPSA) is 35.2 Å². The van der Waals surface area contributed by atoms with Gasteiger partial charge in [-0.2, -0.15) is 0 Å². The van der Waals surface area contributed by atoms with E-state index < -0.39 is 0 Å². The van der Waals surface area contributed by atoms with E-state index in [1.807, 2.05) is 24.4 Å². The van der Waals surface area contributed by atoms with Crippen molar-refractivity contribution >= 4 is 22.5 Å². The van der Waals surface area contributed by atoms with Crippen LogP contribution in [-0.4, -0.2) is 14.1 Å². The number of imidazole rings is 1. The fourth-order valence-corrected chi connectivity index (χ4v) is 11.7. The third-order valence-corrected chi connectivity index (χ3v) is 15.7. The van der Waals surface area contributed by atoms with Crippen molar-refractivity contribution in [1.82, 2.24) is 14.1 Å². The molecule has 0 fully saturated rings. The summed E-state index contributed by atoms with van der Waals surface area (Å²) in [5, 5.41) is 0. The molecule has 0 unspecified atom stereocenters. The van der Waals surface area contributed by atoms with Gasteiger partial charge in [0.1, 0.15) is 0 Å². The summed E-state index contributed by atoms with van der Waals surface area (Å²) in [7, 11) is 0. The number of rotatable bonds is 9. The number of para-hydroxylation sites is 3. The smallest absolute Gasteiger partial charge is 0.0622 e. The van der Waals surface area contributed by atoms with Crippen molar-refractivity contribution in [3.05, 3.63) is 251 Å². The van der Waals surface area contributed by atoms with Crippen molar-refractivity contribution < 1.29 is 24.1 Å². The van der Waals surface area contributed by atoms with Crippen LogP contribution >= 0.6 is 0 Å². The normalized spacial score (nSPS) is 12.4. The molecule has 2 aromatic heterocycles. The fourth-order valence-electron chi connectivity index (χ4n) is 10.6. The van der Waals surface area contributed by atoms with Crippen LogP contribution in [0, 0.1) is 22.9 Å². The molecule has 1 aliphatic heterocycles. The summed E-state index contributed by atoms with van der Waals surface area (Å²) in [6.45, 7) is 16.6. The standard InChI is InChI=1S/C70H58N4O.Pt/c1-47-37-67(71-44-63(47)50-25-15-10-16-26-50)72-45-53-38-51(52-39-54(69(2,3)4)41-55(40-52)70(5,6)7)33-35-59(53)62-36-34-58(43-66(62)72)75-57-28-19-27-56(42-57)73-46-74(65-32-18-17-31-64(65)73)68-60(48-21-11-8-12-22-48)29-20-30-61(68)49-23-13-9-14-24-49;/h8-41,44H,45H2,1-7H3;/q-2;. The molecule has 0 amide bonds. The van der Waals surface area contributed by atoms with E-state index in [0.29, 0.717) is 18.0 Å². The van der Waals surface area contributed by atoms with Crippen LogP contribution in [0.3, 0.4) is 0 Å². The monoisotopic (exact) mass is 1170 g/mol. The van der Waals surface area contributed by atoms with Crippen molar-refractivity contribution in [2.24, 2.45) is 0 Å². The molecule has 6 heteroatoms. The first-order valence-corrected chi connectivity index (χ1v) is 27.2. The molecular weight excluding hydrogens is 1110 g/mol. The minimum Gasteiger partial charge on any atom is -0.0622 e. The number of pyridine rings is 1. The van der Waals surface area contributed by atoms with Gasteiger partial charge < -0.3 is 0 Å². The number of benzene rings is 9. The van der Waals surface area contributed by atoms with E-state index in [0.717, 1.165) is 82.2 Å². The van der Waals surface area contributed by atoms with Crippen molar-refractivity contribution in [2.75, 3.05) is 4.90 Å². The van der Waals surface area contributed by atoms with Gasteiger partial charge in [0.15, 0.2) is 0 Å². The molecule has 3 heterocycles. The second-order valence-corrected chi connectivity index (χ2v) is 22.9. The number of fused-ring (bicyclic) bond motifs is 4. The first kappa shape index (κ1) is 48.8. The molecule has 0 saturated heterocycles. The summed E-state index contributed by atoms with van der Waals surface area (Å²) in [6.07, 6.45) is 2.01. The molecule has 0 bridgehead atoms. The van der Waals surface area contributed by atoms with Crippen molar-refractivity contribution in [2.45, 2.75) is 65.8 Å². The van der Waals surface area contributed by atoms with E-state index >= 15 is 0 Å². The van der Waals surface area contributed by atoms with E-state index in [2.05, 4.69) is 282 Å². The van der Waals surface area contributed by atoms with E-state index in [9.17, 15) is 0 Å². The van der Waals surface area contributed by atoms with Gasteiger partial charge in [-0.1, -0.05) is 96.1 Å². The van der Waals surface area contributed by atoms with Crippen LogP contribution in [0.1, 0.15) is 63.8 Å². The van der Waals surface area contributed by atoms with E-state index in [-0.39, 0.29) is 10.8 Å². The van der Waals surface area contributed by atoms with Gasteiger partial charge >= 0.3 is 296 Å². The Bertz CT molecular complexity index is 3960. The Balaban J connectivity index is 0.954. The van der Waals surface area contributed by atoms with Gasteiger partial charge in [-0.3, -0.25) is 0 Å². The summed E-state index contributed by atoms with van der Waals surface area (Å²) in [4.78, 5) is 7.48. The molecule has 9 aromatic carbocycles. The number of aryl methyl sites for hydroxylation is 1. The van der Waals surface area contributed by atoms with Gasteiger partial charge in [-0.25, -0.2) is 0 Å². The average Bonchev–Trinajstić information content (AvgIpc) is 3.84. The number of hydrogen-bond donors (Lipinski definition) is 0. The number of anilines is 2. The van der Waals surface area contributed by atoms with Crippen molar-refractivity contribution in [1.29, 1.82) is 0 Å². The van der Waals surface area contributed by atoms with Gasteiger partial charge in [-0.05, 0) is 57.2 Å². The predicted octanol–water partition coefficient (Wildman–Crippen LogP) is 18.2. The number of hydrogen-bond acceptors (Lipinski definition) is 3. The third-order valence-electron chi connectivity index (χ3n) is 14.7. The molecule has 1 aliphatic rings. The van der Waals surface area contributed by atoms with E-state index in [1.165, 1.54) is 33.4 Å². The summed E-state index contributed by atoms with van der Waals surface area (Å²) >= 11 is 2.49. The molecule has 0 spiro atoms. The number of ether oxygens (including phenoxy) is 1. The van der Waals surface area contributed by atoms with Crippen LogP contribution < -0.4 is 9.64 Å². The molecule has 0 N–H and O–H groups in total. The molecule has 0 saturated carbocycles. The molecule has 0 atom stereocenters. The Morgan fingerprint density at radius 1 is 0.474 bits per heavy atom. The summed E-state index contributed by atoms with van der Waals surface area (Å²) in [5.74, 6) is 2.03. The molecule has 0 aliphatic carbocycles. The third kappa shape index (κ3) is 9.17. The van der Waals surface area contributed by atoms with Crippen LogP contribution in [0.25, 0.3) is 78.0 Å². The number of nitrogens with zero attached hydrogens (tertiary/aromatic N) is 4. The number of aromatic nitrogens is 3. The zero-order valence-electron chi connectivity index (χ0n) is 43.9. The molecule has 12 rings (SSSR count). The Labute approximate surface area is 457 Å². The van der Waals surface area contributed by atoms with Crippen LogP contribution in [0.15, 0.2) is 212 Å². The van der Waals surface area contributed by atoms with Gasteiger partial charge in [0.2, 0.25) is 0 Å². The van der Waals surface area contributed by atoms with Gasteiger partial charge in [0, 0.05) is 11.8 Å². The molecule has 376 valence electrons. The van der Waals surface area contributed by atoms with Crippen LogP contribution in [0.2, 0.25) is 0 Å². The minimum absolute atomic E-state index is 0.00471. The first-order valence-electron chi connectivity index (χ1n) is 26.1. The molecule has 0 radical (unpaired) electrons. The van der Waals surface area contributed by atoms with E-state index in [1.54, 1.807) is 0 Å². The maximum absolute atomic E-state index is 6.85. The summed E-state index contributed by atoms with van der Waals surface area (Å²) in [6, 6.07) is 81.2. The summed E-state index contributed by atoms with van der Waals surface area (Å²) in [5.41, 5.74) is 21.6. The SMILES string of the molecule is Cc1cc(N2Cc3cc(-c4cc(C(C)(C)C)cc(C(C)(C)C)c4)ccc3-c3ccc(Oc4[c-]c(-n5[c](=[Pt])n(-c6c(-c7ccccc7)cccc6-c6ccccc6)c6ccccc65)ccc4)[c-]c32)ncc1-c1ccccc1. The second-order valence-electron chi connectivity index (χ2n) is 21.9. The Morgan fingerprint density at radius 3 is 1.63 bits per heavy atom. The van der Waals surface area contributed by atoms with Crippen molar-refractivity contribution in [3.8, 4) is 78.5 Å². The van der Waals surface area contributed by atoms with Crippen LogP contribution in [0.5, 0.6) is 11.5 Å². The van der Waals surface area contributed by atoms with E-state index in [4.69, 9.17) is 9.72 Å². The molecular formula is C70H58N4OPt-2. The van der Waals surface area contributed by atoms with Gasteiger partial charge in [0.05, 0.1) is 0 Å². The van der Waals surface area contributed by atoms with Gasteiger partial charge in [0.25, 0.3) is 0 Å². The Morgan fingerprint density at radius 2 is 1.03 bits per heavy atom. The van der Waals surface area contributed by atoms with Crippen LogP contribution in [0.4, 0.5) is 11.5 Å². The zero-order chi connectivity index (χ0) is 52.3. The fraction of sp³-hybridized carbons (Fsp3) is 0.143. The molecule has 76 heavy (non-hydrogen) atoms. The quantitative estimate of drug-likeness (QED) is 0.135. The average molecular weight is 1170 g/mol. The second kappa shape index (κ2) is 19.5. The zero-order valence-corrected chi connectivity index (χ0v) is 46.2. The van der Waals surface area contributed by atoms with Crippen LogP contribution in [-0.2, 0) is 36.7 Å². The minimum atomic E-state index is 0.00471. The van der Waals surface area contributed by atoms with Gasteiger partial charge in [-0.15, -0.1) is 0 Å². The predicted molar refractivity (Wildman–Crippen MR) is 309 cm³/mol.